The van der Waals surface area contributed by atoms with Gasteiger partial charge in [-0.05, 0) is 32.9 Å². The van der Waals surface area contributed by atoms with Crippen LogP contribution in [0, 0.1) is 17.0 Å². The van der Waals surface area contributed by atoms with E-state index in [1.807, 2.05) is 0 Å². The van der Waals surface area contributed by atoms with Gasteiger partial charge in [0.2, 0.25) is 5.88 Å². The number of hydrogen-bond acceptors (Lipinski definition) is 7. The number of ether oxygens (including phenoxy) is 1. The molecule has 9 heteroatoms. The molecule has 0 aliphatic heterocycles. The van der Waals surface area contributed by atoms with E-state index in [0.717, 1.165) is 0 Å². The quantitative estimate of drug-likeness (QED) is 0.362. The Labute approximate surface area is 148 Å². The Balaban J connectivity index is 2.37. The second-order valence-corrected chi connectivity index (χ2v) is 5.27. The molecule has 1 aromatic carbocycles. The molecule has 0 radical (unpaired) electrons. The molecule has 0 unspecified atom stereocenters. The summed E-state index contributed by atoms with van der Waals surface area (Å²) in [6.07, 6.45) is 0. The number of nitro groups is 1. The van der Waals surface area contributed by atoms with Crippen LogP contribution in [-0.4, -0.2) is 29.2 Å². The first kappa shape index (κ1) is 18.8. The van der Waals surface area contributed by atoms with Gasteiger partial charge in [0.25, 0.3) is 11.6 Å². The maximum atomic E-state index is 12.3. The Bertz CT molecular complexity index is 881. The van der Waals surface area contributed by atoms with E-state index in [0.29, 0.717) is 0 Å². The molecule has 0 spiro atoms. The van der Waals surface area contributed by atoms with Gasteiger partial charge in [0.15, 0.2) is 5.78 Å². The molecule has 0 saturated heterocycles. The van der Waals surface area contributed by atoms with Crippen molar-refractivity contribution in [2.24, 2.45) is 0 Å². The minimum atomic E-state index is -0.798. The van der Waals surface area contributed by atoms with Crippen LogP contribution in [0.3, 0.4) is 0 Å². The van der Waals surface area contributed by atoms with Gasteiger partial charge < -0.3 is 9.15 Å². The highest BCUT2D eigenvalue weighted by molar-refractivity contribution is 6.12. The van der Waals surface area contributed by atoms with Crippen LogP contribution in [0.25, 0.3) is 0 Å². The lowest BCUT2D eigenvalue weighted by molar-refractivity contribution is -0.384. The average molecular weight is 360 g/mol. The zero-order valence-corrected chi connectivity index (χ0v) is 14.3. The summed E-state index contributed by atoms with van der Waals surface area (Å²) in [4.78, 5) is 46.4. The fraction of sp³-hybridized carbons (Fsp3) is 0.235. The van der Waals surface area contributed by atoms with Gasteiger partial charge in [-0.1, -0.05) is 0 Å². The highest BCUT2D eigenvalue weighted by Gasteiger charge is 2.29. The lowest BCUT2D eigenvalue weighted by Crippen LogP contribution is -2.16. The molecule has 0 aliphatic carbocycles. The number of benzene rings is 1. The number of aryl methyl sites for hydroxylation is 1. The van der Waals surface area contributed by atoms with Crippen molar-refractivity contribution >= 4 is 29.2 Å². The van der Waals surface area contributed by atoms with Crippen molar-refractivity contribution < 1.29 is 28.5 Å². The van der Waals surface area contributed by atoms with Gasteiger partial charge in [-0.3, -0.25) is 25.0 Å². The smallest absolute Gasteiger partial charge is 0.344 e. The van der Waals surface area contributed by atoms with Crippen molar-refractivity contribution in [2.75, 3.05) is 11.9 Å². The van der Waals surface area contributed by atoms with E-state index < -0.39 is 22.6 Å². The summed E-state index contributed by atoms with van der Waals surface area (Å²) in [6, 6.07) is 4.88. The number of ketones is 1. The van der Waals surface area contributed by atoms with Crippen LogP contribution in [0.5, 0.6) is 0 Å². The molecule has 136 valence electrons. The Morgan fingerprint density at radius 1 is 1.19 bits per heavy atom. The Morgan fingerprint density at radius 3 is 2.31 bits per heavy atom. The van der Waals surface area contributed by atoms with Crippen molar-refractivity contribution in [3.63, 3.8) is 0 Å². The maximum Gasteiger partial charge on any atom is 0.344 e. The Hall–Kier alpha value is -3.49. The molecule has 1 aromatic heterocycles. The summed E-state index contributed by atoms with van der Waals surface area (Å²) in [5, 5.41) is 13.1. The van der Waals surface area contributed by atoms with E-state index in [4.69, 9.17) is 9.15 Å². The van der Waals surface area contributed by atoms with Crippen LogP contribution < -0.4 is 5.32 Å². The number of nitro benzene ring substituents is 1. The SMILES string of the molecule is CCOC(=O)c1c(NC(=O)c2ccc([N+](=O)[O-])cc2)oc(C)c1C(C)=O. The number of rotatable bonds is 6. The van der Waals surface area contributed by atoms with E-state index in [2.05, 4.69) is 5.32 Å². The van der Waals surface area contributed by atoms with Crippen LogP contribution >= 0.6 is 0 Å². The standard InChI is InChI=1S/C17H16N2O7/c1-4-25-17(22)14-13(9(2)20)10(3)26-16(14)18-15(21)11-5-7-12(8-6-11)19(23)24/h5-8H,4H2,1-3H3,(H,18,21). The lowest BCUT2D eigenvalue weighted by Gasteiger charge is -2.06. The van der Waals surface area contributed by atoms with Crippen LogP contribution in [-0.2, 0) is 4.74 Å². The highest BCUT2D eigenvalue weighted by atomic mass is 16.6. The van der Waals surface area contributed by atoms with E-state index >= 15 is 0 Å². The van der Waals surface area contributed by atoms with E-state index in [-0.39, 0.29) is 40.6 Å². The second-order valence-electron chi connectivity index (χ2n) is 5.27. The molecule has 1 amide bonds. The van der Waals surface area contributed by atoms with Crippen molar-refractivity contribution in [3.05, 3.63) is 56.8 Å². The first-order valence-electron chi connectivity index (χ1n) is 7.63. The highest BCUT2D eigenvalue weighted by Crippen LogP contribution is 2.29. The molecular formula is C17H16N2O7. The minimum absolute atomic E-state index is 0.0300. The number of nitrogens with zero attached hydrogens (tertiary/aromatic N) is 1. The van der Waals surface area contributed by atoms with Crippen LogP contribution in [0.1, 0.15) is 50.7 Å². The minimum Gasteiger partial charge on any atom is -0.462 e. The summed E-state index contributed by atoms with van der Waals surface area (Å²) in [5.74, 6) is -1.91. The second kappa shape index (κ2) is 7.60. The molecule has 26 heavy (non-hydrogen) atoms. The average Bonchev–Trinajstić information content (AvgIpc) is 2.91. The first-order chi connectivity index (χ1) is 12.3. The molecule has 0 fully saturated rings. The van der Waals surface area contributed by atoms with Gasteiger partial charge in [0.1, 0.15) is 11.3 Å². The summed E-state index contributed by atoms with van der Waals surface area (Å²) in [6.45, 7) is 4.44. The number of carbonyl (C=O) groups excluding carboxylic acids is 3. The van der Waals surface area contributed by atoms with Crippen LogP contribution in [0.15, 0.2) is 28.7 Å². The Kier molecular flexibility index (Phi) is 5.51. The summed E-state index contributed by atoms with van der Waals surface area (Å²) in [5.41, 5.74) is -0.181. The zero-order chi connectivity index (χ0) is 19.4. The lowest BCUT2D eigenvalue weighted by atomic mass is 10.1. The van der Waals surface area contributed by atoms with Gasteiger partial charge in [-0.2, -0.15) is 0 Å². The number of carbonyl (C=O) groups is 3. The van der Waals surface area contributed by atoms with Crippen molar-refractivity contribution in [2.45, 2.75) is 20.8 Å². The van der Waals surface area contributed by atoms with Crippen molar-refractivity contribution in [3.8, 4) is 0 Å². The molecule has 2 aromatic rings. The fourth-order valence-electron chi connectivity index (χ4n) is 2.36. The molecule has 0 atom stereocenters. The molecule has 0 bridgehead atoms. The predicted octanol–water partition coefficient (Wildman–Crippen LogP) is 3.13. The third-order valence-electron chi connectivity index (χ3n) is 3.48. The molecule has 2 rings (SSSR count). The monoisotopic (exact) mass is 360 g/mol. The summed E-state index contributed by atoms with van der Waals surface area (Å²) in [7, 11) is 0. The normalized spacial score (nSPS) is 10.3. The van der Waals surface area contributed by atoms with Crippen LogP contribution in [0.4, 0.5) is 11.6 Å². The molecule has 1 heterocycles. The van der Waals surface area contributed by atoms with E-state index in [9.17, 15) is 24.5 Å². The number of non-ortho nitro benzene ring substituents is 1. The van der Waals surface area contributed by atoms with Gasteiger partial charge in [-0.15, -0.1) is 0 Å². The molecular weight excluding hydrogens is 344 g/mol. The van der Waals surface area contributed by atoms with Gasteiger partial charge in [-0.25, -0.2) is 4.79 Å². The topological polar surface area (TPSA) is 129 Å². The molecule has 0 aliphatic rings. The molecule has 0 saturated carbocycles. The van der Waals surface area contributed by atoms with Crippen molar-refractivity contribution in [1.29, 1.82) is 0 Å². The number of Topliss-reactive ketones (excluding diaryl/α,β-unsaturated/α-hetero) is 1. The zero-order valence-electron chi connectivity index (χ0n) is 14.3. The molecule has 9 nitrogen and oxygen atoms in total. The third kappa shape index (κ3) is 3.77. The first-order valence-corrected chi connectivity index (χ1v) is 7.63. The van der Waals surface area contributed by atoms with Gasteiger partial charge >= 0.3 is 5.97 Å². The summed E-state index contributed by atoms with van der Waals surface area (Å²) >= 11 is 0. The van der Waals surface area contributed by atoms with E-state index in [1.54, 1.807) is 6.92 Å². The van der Waals surface area contributed by atoms with Crippen molar-refractivity contribution in [1.82, 2.24) is 0 Å². The third-order valence-corrected chi connectivity index (χ3v) is 3.48. The molecule has 1 N–H and O–H groups in total. The predicted molar refractivity (Wildman–Crippen MR) is 90.5 cm³/mol. The van der Waals surface area contributed by atoms with Crippen LogP contribution in [0.2, 0.25) is 0 Å². The fourth-order valence-corrected chi connectivity index (χ4v) is 2.36. The number of anilines is 1. The Morgan fingerprint density at radius 2 is 1.81 bits per heavy atom. The number of furan rings is 1. The summed E-state index contributed by atoms with van der Waals surface area (Å²) < 4.78 is 10.3. The number of hydrogen-bond donors (Lipinski definition) is 1. The largest absolute Gasteiger partial charge is 0.462 e. The number of amides is 1. The van der Waals surface area contributed by atoms with E-state index in [1.165, 1.54) is 38.1 Å². The number of esters is 1. The maximum absolute atomic E-state index is 12.3. The van der Waals surface area contributed by atoms with Gasteiger partial charge in [0, 0.05) is 17.7 Å². The number of nitrogens with one attached hydrogen (secondary N) is 1. The van der Waals surface area contributed by atoms with Gasteiger partial charge in [0.05, 0.1) is 17.1 Å².